The van der Waals surface area contributed by atoms with Crippen molar-refractivity contribution in [1.82, 2.24) is 14.8 Å². The Kier molecular flexibility index (Phi) is 6.54. The minimum Gasteiger partial charge on any atom is -0.497 e. The topological polar surface area (TPSA) is 49.2 Å². The van der Waals surface area contributed by atoms with Crippen molar-refractivity contribution >= 4 is 11.8 Å². The van der Waals surface area contributed by atoms with Gasteiger partial charge in [-0.15, -0.1) is 16.8 Å². The Morgan fingerprint density at radius 3 is 2.52 bits per heavy atom. The number of rotatable bonds is 9. The molecule has 3 rings (SSSR count). The summed E-state index contributed by atoms with van der Waals surface area (Å²) in [5, 5.41) is 9.65. The summed E-state index contributed by atoms with van der Waals surface area (Å²) < 4.78 is 13.0. The van der Waals surface area contributed by atoms with Gasteiger partial charge < -0.3 is 9.47 Å². The maximum Gasteiger partial charge on any atom is 0.191 e. The lowest BCUT2D eigenvalue weighted by Crippen LogP contribution is -2.04. The van der Waals surface area contributed by atoms with Crippen molar-refractivity contribution in [3.05, 3.63) is 66.7 Å². The molecule has 0 spiro atoms. The van der Waals surface area contributed by atoms with Gasteiger partial charge in [0.1, 0.15) is 11.5 Å². The quantitative estimate of drug-likeness (QED) is 0.307. The van der Waals surface area contributed by atoms with Crippen LogP contribution in [0.15, 0.2) is 66.3 Å². The van der Waals surface area contributed by atoms with Gasteiger partial charge in [0.2, 0.25) is 0 Å². The molecule has 0 fully saturated rings. The molecule has 0 amide bonds. The summed E-state index contributed by atoms with van der Waals surface area (Å²) in [6, 6.07) is 15.8. The van der Waals surface area contributed by atoms with E-state index in [0.717, 1.165) is 33.8 Å². The molecule has 2 aromatic carbocycles. The molecule has 1 aromatic heterocycles. The number of benzene rings is 2. The first-order valence-corrected chi connectivity index (χ1v) is 9.71. The van der Waals surface area contributed by atoms with Gasteiger partial charge in [-0.2, -0.15) is 0 Å². The zero-order valence-corrected chi connectivity index (χ0v) is 16.4. The number of hydrogen-bond acceptors (Lipinski definition) is 5. The van der Waals surface area contributed by atoms with Crippen molar-refractivity contribution in [2.45, 2.75) is 18.6 Å². The van der Waals surface area contributed by atoms with Gasteiger partial charge in [-0.25, -0.2) is 0 Å². The molecule has 0 atom stereocenters. The van der Waals surface area contributed by atoms with Crippen LogP contribution in [0.2, 0.25) is 0 Å². The van der Waals surface area contributed by atoms with E-state index < -0.39 is 0 Å². The molecule has 1 heterocycles. The molecule has 140 valence electrons. The van der Waals surface area contributed by atoms with Gasteiger partial charge in [-0.3, -0.25) is 4.57 Å². The molecule has 0 saturated heterocycles. The summed E-state index contributed by atoms with van der Waals surface area (Å²) in [6.45, 7) is 7.19. The maximum absolute atomic E-state index is 5.78. The Hall–Kier alpha value is -2.73. The first kappa shape index (κ1) is 19.0. The summed E-state index contributed by atoms with van der Waals surface area (Å²) in [5.41, 5.74) is 2.27. The fourth-order valence-corrected chi connectivity index (χ4v) is 3.44. The van der Waals surface area contributed by atoms with E-state index in [9.17, 15) is 0 Å². The number of hydrogen-bond donors (Lipinski definition) is 0. The Bertz CT molecular complexity index is 891. The maximum atomic E-state index is 5.78. The van der Waals surface area contributed by atoms with E-state index >= 15 is 0 Å². The van der Waals surface area contributed by atoms with E-state index in [-0.39, 0.29) is 0 Å². The Morgan fingerprint density at radius 2 is 1.81 bits per heavy atom. The number of nitrogens with zero attached hydrogens (tertiary/aromatic N) is 3. The van der Waals surface area contributed by atoms with Crippen molar-refractivity contribution in [1.29, 1.82) is 0 Å². The number of aromatic nitrogens is 3. The van der Waals surface area contributed by atoms with Gasteiger partial charge in [0.05, 0.1) is 13.7 Å². The van der Waals surface area contributed by atoms with Crippen LogP contribution in [0.4, 0.5) is 0 Å². The summed E-state index contributed by atoms with van der Waals surface area (Å²) in [5.74, 6) is 3.28. The highest BCUT2D eigenvalue weighted by Crippen LogP contribution is 2.26. The predicted molar refractivity (Wildman–Crippen MR) is 110 cm³/mol. The molecule has 0 N–H and O–H groups in total. The van der Waals surface area contributed by atoms with Crippen LogP contribution in [-0.4, -0.2) is 34.2 Å². The first-order valence-electron chi connectivity index (χ1n) is 8.72. The molecule has 3 aromatic rings. The predicted octanol–water partition coefficient (Wildman–Crippen LogP) is 4.62. The fourth-order valence-electron chi connectivity index (χ4n) is 2.68. The normalized spacial score (nSPS) is 10.6. The Balaban J connectivity index is 1.64. The van der Waals surface area contributed by atoms with Crippen LogP contribution in [0.5, 0.6) is 11.5 Å². The van der Waals surface area contributed by atoms with Crippen LogP contribution in [-0.2, 0) is 6.54 Å². The summed E-state index contributed by atoms with van der Waals surface area (Å²) in [6.07, 6.45) is 1.86. The number of allylic oxidation sites excluding steroid dienone is 1. The van der Waals surface area contributed by atoms with Crippen molar-refractivity contribution in [2.24, 2.45) is 0 Å². The third-order valence-corrected chi connectivity index (χ3v) is 4.99. The summed E-state index contributed by atoms with van der Waals surface area (Å²) in [7, 11) is 1.65. The zero-order chi connectivity index (χ0) is 19.1. The van der Waals surface area contributed by atoms with Crippen molar-refractivity contribution < 1.29 is 9.47 Å². The fraction of sp³-hybridized carbons (Fsp3) is 0.238. The average molecular weight is 382 g/mol. The van der Waals surface area contributed by atoms with Crippen molar-refractivity contribution in [3.63, 3.8) is 0 Å². The molecule has 0 aliphatic heterocycles. The number of aryl methyl sites for hydroxylation is 1. The third kappa shape index (κ3) is 4.71. The highest BCUT2D eigenvalue weighted by Gasteiger charge is 2.14. The van der Waals surface area contributed by atoms with Crippen LogP contribution in [0.3, 0.4) is 0 Å². The standard InChI is InChI=1S/C21H23N3O2S/c1-4-13-24-20(19-8-6-5-7-16(19)2)22-23-21(24)27-15-14-26-18-11-9-17(25-3)10-12-18/h4-12H,1,13-15H2,2-3H3. The SMILES string of the molecule is C=CCn1c(SCCOc2ccc(OC)cc2)nnc1-c1ccccc1C. The van der Waals surface area contributed by atoms with Crippen molar-refractivity contribution in [3.8, 4) is 22.9 Å². The molecule has 0 unspecified atom stereocenters. The summed E-state index contributed by atoms with van der Waals surface area (Å²) in [4.78, 5) is 0. The van der Waals surface area contributed by atoms with Gasteiger partial charge in [-0.1, -0.05) is 42.1 Å². The lowest BCUT2D eigenvalue weighted by Gasteiger charge is -2.10. The molecule has 27 heavy (non-hydrogen) atoms. The lowest BCUT2D eigenvalue weighted by atomic mass is 10.1. The Labute approximate surface area is 164 Å². The van der Waals surface area contributed by atoms with Crippen molar-refractivity contribution in [2.75, 3.05) is 19.5 Å². The first-order chi connectivity index (χ1) is 13.2. The van der Waals surface area contributed by atoms with E-state index in [1.54, 1.807) is 18.9 Å². The second kappa shape index (κ2) is 9.28. The third-order valence-electron chi connectivity index (χ3n) is 4.06. The van der Waals surface area contributed by atoms with Crippen LogP contribution in [0.1, 0.15) is 5.56 Å². The zero-order valence-electron chi connectivity index (χ0n) is 15.6. The van der Waals surface area contributed by atoms with E-state index in [4.69, 9.17) is 9.47 Å². The van der Waals surface area contributed by atoms with E-state index in [1.165, 1.54) is 5.56 Å². The molecule has 0 aliphatic carbocycles. The minimum absolute atomic E-state index is 0.581. The smallest absolute Gasteiger partial charge is 0.191 e. The second-order valence-electron chi connectivity index (χ2n) is 5.89. The second-order valence-corrected chi connectivity index (χ2v) is 6.95. The average Bonchev–Trinajstić information content (AvgIpc) is 3.09. The highest BCUT2D eigenvalue weighted by atomic mass is 32.2. The number of methoxy groups -OCH3 is 1. The number of thioether (sulfide) groups is 1. The van der Waals surface area contributed by atoms with Gasteiger partial charge in [0.25, 0.3) is 0 Å². The molecule has 0 aliphatic rings. The van der Waals surface area contributed by atoms with Crippen LogP contribution < -0.4 is 9.47 Å². The van der Waals surface area contributed by atoms with E-state index in [1.807, 2.05) is 42.5 Å². The Morgan fingerprint density at radius 1 is 1.07 bits per heavy atom. The molecule has 0 saturated carbocycles. The van der Waals surface area contributed by atoms with Gasteiger partial charge >= 0.3 is 0 Å². The molecular formula is C21H23N3O2S. The lowest BCUT2D eigenvalue weighted by molar-refractivity contribution is 0.342. The summed E-state index contributed by atoms with van der Waals surface area (Å²) >= 11 is 1.63. The molecule has 5 nitrogen and oxygen atoms in total. The molecule has 6 heteroatoms. The van der Waals surface area contributed by atoms with E-state index in [0.29, 0.717) is 13.2 Å². The van der Waals surface area contributed by atoms with Gasteiger partial charge in [0, 0.05) is 17.9 Å². The van der Waals surface area contributed by atoms with Crippen LogP contribution in [0, 0.1) is 6.92 Å². The highest BCUT2D eigenvalue weighted by molar-refractivity contribution is 7.99. The largest absolute Gasteiger partial charge is 0.497 e. The van der Waals surface area contributed by atoms with Gasteiger partial charge in [0.15, 0.2) is 11.0 Å². The molecule has 0 bridgehead atoms. The monoisotopic (exact) mass is 381 g/mol. The minimum atomic E-state index is 0.581. The van der Waals surface area contributed by atoms with Crippen LogP contribution >= 0.6 is 11.8 Å². The number of ether oxygens (including phenoxy) is 2. The molecular weight excluding hydrogens is 358 g/mol. The molecule has 0 radical (unpaired) electrons. The van der Waals surface area contributed by atoms with Gasteiger partial charge in [-0.05, 0) is 36.8 Å². The van der Waals surface area contributed by atoms with E-state index in [2.05, 4.69) is 40.4 Å². The van der Waals surface area contributed by atoms with Crippen LogP contribution in [0.25, 0.3) is 11.4 Å².